The van der Waals surface area contributed by atoms with Crippen LogP contribution in [0.5, 0.6) is 0 Å². The Kier molecular flexibility index (Phi) is 6.51. The van der Waals surface area contributed by atoms with Crippen LogP contribution in [0.3, 0.4) is 0 Å². The lowest BCUT2D eigenvalue weighted by Crippen LogP contribution is -2.26. The van der Waals surface area contributed by atoms with Crippen molar-refractivity contribution in [2.24, 2.45) is 0 Å². The molecule has 2 rings (SSSR count). The maximum atomic E-state index is 11.9. The van der Waals surface area contributed by atoms with Crippen LogP contribution in [0.25, 0.3) is 0 Å². The monoisotopic (exact) mass is 342 g/mol. The van der Waals surface area contributed by atoms with E-state index in [9.17, 15) is 14.4 Å². The highest BCUT2D eigenvalue weighted by Crippen LogP contribution is 2.20. The average molecular weight is 342 g/mol. The molecule has 0 aliphatic rings. The molecule has 0 saturated heterocycles. The molecule has 1 heterocycles. The molecule has 0 unspecified atom stereocenters. The van der Waals surface area contributed by atoms with Gasteiger partial charge in [-0.15, -0.1) is 0 Å². The van der Waals surface area contributed by atoms with Crippen molar-refractivity contribution < 1.29 is 14.3 Å². The number of esters is 1. The summed E-state index contributed by atoms with van der Waals surface area (Å²) >= 11 is 0. The number of aromatic nitrogens is 1. The highest BCUT2D eigenvalue weighted by atomic mass is 16.5. The van der Waals surface area contributed by atoms with E-state index < -0.39 is 18.5 Å². The van der Waals surface area contributed by atoms with Crippen LogP contribution in [0.1, 0.15) is 31.7 Å². The van der Waals surface area contributed by atoms with Crippen LogP contribution in [0.2, 0.25) is 0 Å². The standard InChI is InChI=1S/C19H22N2O4/c1-3-14(2)15-7-9-16(10-8-15)20-17(22)13-25-19(24)12-21-11-5-4-6-18(21)23/h4-11,14H,3,12-13H2,1-2H3,(H,20,22)/t14-/m0/s1. The highest BCUT2D eigenvalue weighted by molar-refractivity contribution is 5.92. The van der Waals surface area contributed by atoms with Crippen LogP contribution in [-0.2, 0) is 20.9 Å². The summed E-state index contributed by atoms with van der Waals surface area (Å²) in [6, 6.07) is 12.2. The van der Waals surface area contributed by atoms with E-state index in [1.165, 1.54) is 22.4 Å². The Labute approximate surface area is 146 Å². The Morgan fingerprint density at radius 1 is 1.16 bits per heavy atom. The van der Waals surface area contributed by atoms with Gasteiger partial charge in [0.15, 0.2) is 6.61 Å². The molecule has 1 atom stereocenters. The van der Waals surface area contributed by atoms with Gasteiger partial charge in [0, 0.05) is 18.0 Å². The van der Waals surface area contributed by atoms with Gasteiger partial charge in [0.2, 0.25) is 0 Å². The fraction of sp³-hybridized carbons (Fsp3) is 0.316. The van der Waals surface area contributed by atoms with Crippen molar-refractivity contribution in [3.05, 3.63) is 64.6 Å². The maximum absolute atomic E-state index is 11.9. The first-order valence-electron chi connectivity index (χ1n) is 8.20. The van der Waals surface area contributed by atoms with E-state index >= 15 is 0 Å². The van der Waals surface area contributed by atoms with Gasteiger partial charge in [0.1, 0.15) is 6.54 Å². The number of carbonyl (C=O) groups is 2. The molecular formula is C19H22N2O4. The predicted molar refractivity (Wildman–Crippen MR) is 95.4 cm³/mol. The minimum absolute atomic E-state index is 0.226. The molecule has 0 radical (unpaired) electrons. The fourth-order valence-corrected chi connectivity index (χ4v) is 2.25. The third-order valence-electron chi connectivity index (χ3n) is 3.94. The zero-order valence-corrected chi connectivity index (χ0v) is 14.4. The maximum Gasteiger partial charge on any atom is 0.326 e. The molecule has 0 aliphatic carbocycles. The van der Waals surface area contributed by atoms with Gasteiger partial charge < -0.3 is 14.6 Å². The van der Waals surface area contributed by atoms with E-state index in [4.69, 9.17) is 4.74 Å². The minimum atomic E-state index is -0.643. The molecule has 132 valence electrons. The topological polar surface area (TPSA) is 77.4 Å². The van der Waals surface area contributed by atoms with Gasteiger partial charge in [-0.1, -0.05) is 32.0 Å². The number of carbonyl (C=O) groups excluding carboxylic acids is 2. The number of hydrogen-bond acceptors (Lipinski definition) is 4. The quantitative estimate of drug-likeness (QED) is 0.785. The lowest BCUT2D eigenvalue weighted by Gasteiger charge is -2.11. The Bertz CT molecular complexity index is 781. The number of nitrogens with one attached hydrogen (secondary N) is 1. The second-order valence-electron chi connectivity index (χ2n) is 5.81. The van der Waals surface area contributed by atoms with Crippen LogP contribution in [-0.4, -0.2) is 23.1 Å². The van der Waals surface area contributed by atoms with Crippen molar-refractivity contribution >= 4 is 17.6 Å². The first-order valence-corrected chi connectivity index (χ1v) is 8.20. The SMILES string of the molecule is CC[C@H](C)c1ccc(NC(=O)COC(=O)Cn2ccccc2=O)cc1. The van der Waals surface area contributed by atoms with Gasteiger partial charge in [-0.3, -0.25) is 14.4 Å². The Hall–Kier alpha value is -2.89. The van der Waals surface area contributed by atoms with Crippen molar-refractivity contribution in [2.75, 3.05) is 11.9 Å². The van der Waals surface area contributed by atoms with E-state index in [0.717, 1.165) is 6.42 Å². The molecule has 6 heteroatoms. The first kappa shape index (κ1) is 18.4. The van der Waals surface area contributed by atoms with Crippen LogP contribution in [0, 0.1) is 0 Å². The third-order valence-corrected chi connectivity index (χ3v) is 3.94. The molecule has 0 bridgehead atoms. The van der Waals surface area contributed by atoms with Crippen molar-refractivity contribution in [3.8, 4) is 0 Å². The molecule has 2 aromatic rings. The molecule has 0 spiro atoms. The number of pyridine rings is 1. The van der Waals surface area contributed by atoms with E-state index in [0.29, 0.717) is 11.6 Å². The van der Waals surface area contributed by atoms with E-state index in [1.54, 1.807) is 12.1 Å². The summed E-state index contributed by atoms with van der Waals surface area (Å²) in [5.41, 5.74) is 1.55. The number of anilines is 1. The number of ether oxygens (including phenoxy) is 1. The number of rotatable bonds is 7. The molecule has 1 amide bonds. The molecule has 6 nitrogen and oxygen atoms in total. The second kappa shape index (κ2) is 8.82. The largest absolute Gasteiger partial charge is 0.454 e. The van der Waals surface area contributed by atoms with Gasteiger partial charge >= 0.3 is 5.97 Å². The second-order valence-corrected chi connectivity index (χ2v) is 5.81. The zero-order valence-electron chi connectivity index (χ0n) is 14.4. The average Bonchev–Trinajstić information content (AvgIpc) is 2.62. The molecule has 1 aromatic carbocycles. The van der Waals surface area contributed by atoms with Crippen LogP contribution >= 0.6 is 0 Å². The van der Waals surface area contributed by atoms with E-state index in [1.807, 2.05) is 24.3 Å². The third kappa shape index (κ3) is 5.60. The smallest absolute Gasteiger partial charge is 0.326 e. The van der Waals surface area contributed by atoms with Crippen molar-refractivity contribution in [1.82, 2.24) is 4.57 Å². The first-order chi connectivity index (χ1) is 12.0. The summed E-state index contributed by atoms with van der Waals surface area (Å²) in [5, 5.41) is 2.67. The summed E-state index contributed by atoms with van der Waals surface area (Å²) in [7, 11) is 0. The molecule has 1 N–H and O–H groups in total. The van der Waals surface area contributed by atoms with Crippen molar-refractivity contribution in [2.45, 2.75) is 32.7 Å². The summed E-state index contributed by atoms with van der Waals surface area (Å²) < 4.78 is 6.12. The molecule has 0 aliphatic heterocycles. The van der Waals surface area contributed by atoms with Gasteiger partial charge in [-0.05, 0) is 36.1 Å². The normalized spacial score (nSPS) is 11.6. The van der Waals surface area contributed by atoms with Gasteiger partial charge in [0.05, 0.1) is 0 Å². The molecule has 25 heavy (non-hydrogen) atoms. The minimum Gasteiger partial charge on any atom is -0.454 e. The van der Waals surface area contributed by atoms with E-state index in [2.05, 4.69) is 19.2 Å². The van der Waals surface area contributed by atoms with E-state index in [-0.39, 0.29) is 12.1 Å². The Balaban J connectivity index is 1.81. The Morgan fingerprint density at radius 2 is 1.88 bits per heavy atom. The summed E-state index contributed by atoms with van der Waals surface area (Å²) in [6.07, 6.45) is 2.54. The molecular weight excluding hydrogens is 320 g/mol. The zero-order chi connectivity index (χ0) is 18.2. The number of amides is 1. The van der Waals surface area contributed by atoms with Crippen LogP contribution in [0.4, 0.5) is 5.69 Å². The Morgan fingerprint density at radius 3 is 2.52 bits per heavy atom. The van der Waals surface area contributed by atoms with Gasteiger partial charge in [-0.2, -0.15) is 0 Å². The summed E-state index contributed by atoms with van der Waals surface area (Å²) in [4.78, 5) is 35.1. The van der Waals surface area contributed by atoms with Crippen LogP contribution < -0.4 is 10.9 Å². The molecule has 1 aromatic heterocycles. The van der Waals surface area contributed by atoms with Crippen molar-refractivity contribution in [3.63, 3.8) is 0 Å². The van der Waals surface area contributed by atoms with Crippen molar-refractivity contribution in [1.29, 1.82) is 0 Å². The summed E-state index contributed by atoms with van der Waals surface area (Å²) in [5.74, 6) is -0.604. The van der Waals surface area contributed by atoms with Gasteiger partial charge in [0.25, 0.3) is 11.5 Å². The lowest BCUT2D eigenvalue weighted by molar-refractivity contribution is -0.147. The predicted octanol–water partition coefficient (Wildman–Crippen LogP) is 2.54. The summed E-state index contributed by atoms with van der Waals surface area (Å²) in [6.45, 7) is 3.65. The molecule has 0 saturated carbocycles. The lowest BCUT2D eigenvalue weighted by atomic mass is 9.99. The number of hydrogen-bond donors (Lipinski definition) is 1. The number of nitrogens with zero attached hydrogens (tertiary/aromatic N) is 1. The number of benzene rings is 1. The molecule has 0 fully saturated rings. The van der Waals surface area contributed by atoms with Crippen LogP contribution in [0.15, 0.2) is 53.5 Å². The highest BCUT2D eigenvalue weighted by Gasteiger charge is 2.10. The fourth-order valence-electron chi connectivity index (χ4n) is 2.25. The van der Waals surface area contributed by atoms with Gasteiger partial charge in [-0.25, -0.2) is 0 Å².